The van der Waals surface area contributed by atoms with Crippen molar-refractivity contribution >= 4 is 5.76 Å². The normalized spacial score (nSPS) is 13.5. The van der Waals surface area contributed by atoms with Gasteiger partial charge < -0.3 is 9.84 Å². The number of allylic oxidation sites excluding steroid dienone is 1. The highest BCUT2D eigenvalue weighted by molar-refractivity contribution is 5.66. The fourth-order valence-electron chi connectivity index (χ4n) is 1.90. The van der Waals surface area contributed by atoms with Gasteiger partial charge in [-0.1, -0.05) is 12.1 Å². The summed E-state index contributed by atoms with van der Waals surface area (Å²) in [5.41, 5.74) is 1.97. The standard InChI is InChI=1S/C14H11NO2/c16-12-3-1-2-11-4-5-13(17-14(11)12)10-6-8-15-9-7-10/h1-3,5-9,16H,4H2. The van der Waals surface area contributed by atoms with Gasteiger partial charge in [-0.3, -0.25) is 4.98 Å². The molecule has 1 aliphatic rings. The van der Waals surface area contributed by atoms with Crippen LogP contribution in [0.5, 0.6) is 11.5 Å². The Morgan fingerprint density at radius 3 is 2.76 bits per heavy atom. The Morgan fingerprint density at radius 2 is 1.94 bits per heavy atom. The second-order valence-electron chi connectivity index (χ2n) is 3.88. The fraction of sp³-hybridized carbons (Fsp3) is 0.0714. The van der Waals surface area contributed by atoms with E-state index in [0.29, 0.717) is 5.75 Å². The van der Waals surface area contributed by atoms with Gasteiger partial charge in [-0.05, 0) is 30.7 Å². The Kier molecular flexibility index (Phi) is 2.29. The summed E-state index contributed by atoms with van der Waals surface area (Å²) in [5.74, 6) is 1.50. The number of hydrogen-bond acceptors (Lipinski definition) is 3. The summed E-state index contributed by atoms with van der Waals surface area (Å²) in [4.78, 5) is 3.97. The van der Waals surface area contributed by atoms with Crippen LogP contribution in [0.3, 0.4) is 0 Å². The van der Waals surface area contributed by atoms with Gasteiger partial charge in [-0.2, -0.15) is 0 Å². The largest absolute Gasteiger partial charge is 0.504 e. The smallest absolute Gasteiger partial charge is 0.172 e. The molecule has 1 N–H and O–H groups in total. The molecule has 0 amide bonds. The summed E-state index contributed by atoms with van der Waals surface area (Å²) in [6.07, 6.45) is 6.22. The van der Waals surface area contributed by atoms with Gasteiger partial charge in [0.25, 0.3) is 0 Å². The lowest BCUT2D eigenvalue weighted by molar-refractivity contribution is 0.416. The van der Waals surface area contributed by atoms with Gasteiger partial charge in [0.15, 0.2) is 11.5 Å². The molecule has 17 heavy (non-hydrogen) atoms. The first-order chi connectivity index (χ1) is 8.34. The molecule has 1 aliphatic heterocycles. The number of phenols is 1. The van der Waals surface area contributed by atoms with Crippen LogP contribution in [-0.2, 0) is 6.42 Å². The quantitative estimate of drug-likeness (QED) is 0.811. The van der Waals surface area contributed by atoms with E-state index in [1.165, 1.54) is 0 Å². The number of pyridine rings is 1. The van der Waals surface area contributed by atoms with Crippen molar-refractivity contribution in [1.29, 1.82) is 0 Å². The van der Waals surface area contributed by atoms with E-state index in [-0.39, 0.29) is 5.75 Å². The van der Waals surface area contributed by atoms with Crippen molar-refractivity contribution in [2.75, 3.05) is 0 Å². The Morgan fingerprint density at radius 1 is 1.12 bits per heavy atom. The topological polar surface area (TPSA) is 42.4 Å². The van der Waals surface area contributed by atoms with E-state index in [1.807, 2.05) is 30.3 Å². The van der Waals surface area contributed by atoms with Crippen LogP contribution >= 0.6 is 0 Å². The van der Waals surface area contributed by atoms with Gasteiger partial charge in [-0.15, -0.1) is 0 Å². The Hall–Kier alpha value is -2.29. The number of hydrogen-bond donors (Lipinski definition) is 1. The molecule has 3 heteroatoms. The van der Waals surface area contributed by atoms with Gasteiger partial charge in [0.05, 0.1) is 0 Å². The first-order valence-electron chi connectivity index (χ1n) is 5.44. The van der Waals surface area contributed by atoms with Crippen LogP contribution in [-0.4, -0.2) is 10.1 Å². The van der Waals surface area contributed by atoms with Crippen molar-refractivity contribution in [1.82, 2.24) is 4.98 Å². The SMILES string of the molecule is Oc1cccc2c1OC(c1ccncc1)=CC2. The highest BCUT2D eigenvalue weighted by Gasteiger charge is 2.16. The van der Waals surface area contributed by atoms with Crippen molar-refractivity contribution in [3.63, 3.8) is 0 Å². The average molecular weight is 225 g/mol. The maximum Gasteiger partial charge on any atom is 0.172 e. The number of benzene rings is 1. The van der Waals surface area contributed by atoms with Crippen LogP contribution in [0.1, 0.15) is 11.1 Å². The Balaban J connectivity index is 1.99. The number of para-hydroxylation sites is 1. The lowest BCUT2D eigenvalue weighted by Crippen LogP contribution is -2.04. The highest BCUT2D eigenvalue weighted by atomic mass is 16.5. The van der Waals surface area contributed by atoms with Crippen LogP contribution in [0, 0.1) is 0 Å². The zero-order valence-electron chi connectivity index (χ0n) is 9.13. The van der Waals surface area contributed by atoms with Crippen molar-refractivity contribution in [2.24, 2.45) is 0 Å². The van der Waals surface area contributed by atoms with E-state index in [4.69, 9.17) is 4.74 Å². The van der Waals surface area contributed by atoms with Crippen molar-refractivity contribution < 1.29 is 9.84 Å². The number of nitrogens with zero attached hydrogens (tertiary/aromatic N) is 1. The van der Waals surface area contributed by atoms with Crippen LogP contribution in [0.2, 0.25) is 0 Å². The molecule has 0 bridgehead atoms. The monoisotopic (exact) mass is 225 g/mol. The third-order valence-corrected chi connectivity index (χ3v) is 2.76. The molecule has 0 saturated carbocycles. The van der Waals surface area contributed by atoms with Crippen LogP contribution < -0.4 is 4.74 Å². The first-order valence-corrected chi connectivity index (χ1v) is 5.44. The van der Waals surface area contributed by atoms with Gasteiger partial charge >= 0.3 is 0 Å². The van der Waals surface area contributed by atoms with Crippen molar-refractivity contribution in [2.45, 2.75) is 6.42 Å². The summed E-state index contributed by atoms with van der Waals surface area (Å²) < 4.78 is 5.73. The molecule has 0 aliphatic carbocycles. The average Bonchev–Trinajstić information content (AvgIpc) is 2.40. The van der Waals surface area contributed by atoms with Gasteiger partial charge in [-0.25, -0.2) is 0 Å². The molecule has 2 aromatic rings. The zero-order chi connectivity index (χ0) is 11.7. The predicted molar refractivity (Wildman–Crippen MR) is 64.7 cm³/mol. The highest BCUT2D eigenvalue weighted by Crippen LogP contribution is 2.37. The van der Waals surface area contributed by atoms with Gasteiger partial charge in [0.1, 0.15) is 5.76 Å². The molecule has 3 rings (SSSR count). The minimum Gasteiger partial charge on any atom is -0.504 e. The summed E-state index contributed by atoms with van der Waals surface area (Å²) in [5, 5.41) is 9.76. The second-order valence-corrected chi connectivity index (χ2v) is 3.88. The summed E-state index contributed by atoms with van der Waals surface area (Å²) in [6.45, 7) is 0. The fourth-order valence-corrected chi connectivity index (χ4v) is 1.90. The third-order valence-electron chi connectivity index (χ3n) is 2.76. The molecule has 0 spiro atoms. The van der Waals surface area contributed by atoms with E-state index in [9.17, 15) is 5.11 Å². The lowest BCUT2D eigenvalue weighted by atomic mass is 10.1. The zero-order valence-corrected chi connectivity index (χ0v) is 9.13. The number of fused-ring (bicyclic) bond motifs is 1. The predicted octanol–water partition coefficient (Wildman–Crippen LogP) is 2.76. The molecule has 2 heterocycles. The van der Waals surface area contributed by atoms with E-state index >= 15 is 0 Å². The maximum absolute atomic E-state index is 9.76. The lowest BCUT2D eigenvalue weighted by Gasteiger charge is -2.19. The summed E-state index contributed by atoms with van der Waals surface area (Å²) in [6, 6.07) is 9.18. The maximum atomic E-state index is 9.76. The Bertz CT molecular complexity index is 576. The number of phenolic OH excluding ortho intramolecular Hbond substituents is 1. The van der Waals surface area contributed by atoms with E-state index in [0.717, 1.165) is 23.3 Å². The molecule has 0 fully saturated rings. The number of rotatable bonds is 1. The number of aromatic hydroxyl groups is 1. The molecule has 0 unspecified atom stereocenters. The minimum atomic E-state index is 0.183. The second kappa shape index (κ2) is 3.94. The molecule has 3 nitrogen and oxygen atoms in total. The van der Waals surface area contributed by atoms with Crippen LogP contribution in [0.15, 0.2) is 48.8 Å². The van der Waals surface area contributed by atoms with E-state index in [2.05, 4.69) is 4.98 Å². The minimum absolute atomic E-state index is 0.183. The third kappa shape index (κ3) is 1.76. The molecule has 84 valence electrons. The molecule has 1 aromatic heterocycles. The van der Waals surface area contributed by atoms with E-state index < -0.39 is 0 Å². The van der Waals surface area contributed by atoms with Crippen molar-refractivity contribution in [3.05, 3.63) is 59.9 Å². The summed E-state index contributed by atoms with van der Waals surface area (Å²) >= 11 is 0. The first kappa shape index (κ1) is 9.90. The molecular formula is C14H11NO2. The van der Waals surface area contributed by atoms with E-state index in [1.54, 1.807) is 18.5 Å². The molecular weight excluding hydrogens is 214 g/mol. The molecule has 1 aromatic carbocycles. The number of aromatic nitrogens is 1. The van der Waals surface area contributed by atoms with Gasteiger partial charge in [0, 0.05) is 23.5 Å². The molecule has 0 atom stereocenters. The van der Waals surface area contributed by atoms with Gasteiger partial charge in [0.2, 0.25) is 0 Å². The molecule has 0 radical (unpaired) electrons. The number of ether oxygens (including phenoxy) is 1. The summed E-state index contributed by atoms with van der Waals surface area (Å²) in [7, 11) is 0. The molecule has 0 saturated heterocycles. The van der Waals surface area contributed by atoms with Crippen LogP contribution in [0.4, 0.5) is 0 Å². The van der Waals surface area contributed by atoms with Crippen LogP contribution in [0.25, 0.3) is 5.76 Å². The Labute approximate surface area is 99.0 Å². The van der Waals surface area contributed by atoms with Crippen molar-refractivity contribution in [3.8, 4) is 11.5 Å².